The van der Waals surface area contributed by atoms with Gasteiger partial charge in [-0.1, -0.05) is 45.0 Å². The second-order valence-electron chi connectivity index (χ2n) is 8.95. The van der Waals surface area contributed by atoms with E-state index in [-0.39, 0.29) is 11.3 Å². The van der Waals surface area contributed by atoms with Crippen molar-refractivity contribution in [2.75, 3.05) is 50.1 Å². The van der Waals surface area contributed by atoms with Crippen LogP contribution >= 0.6 is 0 Å². The van der Waals surface area contributed by atoms with E-state index < -0.39 is 0 Å². The first-order valence-electron chi connectivity index (χ1n) is 10.4. The maximum atomic E-state index is 12.4. The third kappa shape index (κ3) is 6.31. The number of hydrogen-bond acceptors (Lipinski definition) is 3. The minimum absolute atomic E-state index is 0.0351. The normalized spacial score (nSPS) is 15.8. The van der Waals surface area contributed by atoms with Gasteiger partial charge in [0.2, 0.25) is 0 Å². The number of hydrogen-bond donors (Lipinski definition) is 2. The fraction of sp³-hybridized carbons (Fsp3) is 0.458. The SMILES string of the molecule is C[NH+](CC(=O)Nc1ccc(N2CCOCC2)cc1)Cc1ccc(C(C)(C)C)cc1. The van der Waals surface area contributed by atoms with Crippen molar-refractivity contribution in [3.8, 4) is 0 Å². The molecule has 2 aromatic carbocycles. The van der Waals surface area contributed by atoms with Crippen molar-refractivity contribution in [3.05, 3.63) is 59.7 Å². The molecule has 1 unspecified atom stereocenters. The molecular formula is C24H34N3O2+. The van der Waals surface area contributed by atoms with Crippen molar-refractivity contribution in [1.82, 2.24) is 0 Å². The van der Waals surface area contributed by atoms with Crippen LogP contribution in [0.15, 0.2) is 48.5 Å². The molecule has 1 fully saturated rings. The lowest BCUT2D eigenvalue weighted by Gasteiger charge is -2.28. The van der Waals surface area contributed by atoms with Gasteiger partial charge >= 0.3 is 0 Å². The zero-order valence-corrected chi connectivity index (χ0v) is 18.1. The number of carbonyl (C=O) groups excluding carboxylic acids is 1. The first-order chi connectivity index (χ1) is 13.8. The number of likely N-dealkylation sites (N-methyl/N-ethyl adjacent to an activating group) is 1. The van der Waals surface area contributed by atoms with E-state index in [1.165, 1.54) is 16.8 Å². The summed E-state index contributed by atoms with van der Waals surface area (Å²) in [6.07, 6.45) is 0. The Morgan fingerprint density at radius 3 is 2.24 bits per heavy atom. The molecule has 0 bridgehead atoms. The van der Waals surface area contributed by atoms with Crippen LogP contribution in [0.4, 0.5) is 11.4 Å². The number of carbonyl (C=O) groups is 1. The second kappa shape index (κ2) is 9.42. The third-order valence-corrected chi connectivity index (χ3v) is 5.32. The topological polar surface area (TPSA) is 46.0 Å². The van der Waals surface area contributed by atoms with Crippen molar-refractivity contribution in [2.24, 2.45) is 0 Å². The van der Waals surface area contributed by atoms with Gasteiger partial charge in [0.1, 0.15) is 6.54 Å². The Hall–Kier alpha value is -2.37. The fourth-order valence-electron chi connectivity index (χ4n) is 3.59. The van der Waals surface area contributed by atoms with E-state index in [2.05, 4.69) is 74.4 Å². The van der Waals surface area contributed by atoms with Crippen LogP contribution < -0.4 is 15.1 Å². The summed E-state index contributed by atoms with van der Waals surface area (Å²) in [6.45, 7) is 11.3. The van der Waals surface area contributed by atoms with Crippen molar-refractivity contribution < 1.29 is 14.4 Å². The van der Waals surface area contributed by atoms with Gasteiger partial charge in [0.05, 0.1) is 20.3 Å². The maximum absolute atomic E-state index is 12.4. The van der Waals surface area contributed by atoms with Crippen molar-refractivity contribution >= 4 is 17.3 Å². The molecule has 2 aromatic rings. The number of nitrogens with zero attached hydrogens (tertiary/aromatic N) is 1. The van der Waals surface area contributed by atoms with Crippen LogP contribution in [0, 0.1) is 0 Å². The first-order valence-corrected chi connectivity index (χ1v) is 10.4. The van der Waals surface area contributed by atoms with Gasteiger partial charge in [-0.15, -0.1) is 0 Å². The minimum Gasteiger partial charge on any atom is -0.378 e. The molecular weight excluding hydrogens is 362 g/mol. The number of anilines is 2. The highest BCUT2D eigenvalue weighted by Gasteiger charge is 2.15. The highest BCUT2D eigenvalue weighted by molar-refractivity contribution is 5.91. The van der Waals surface area contributed by atoms with E-state index in [0.29, 0.717) is 6.54 Å². The van der Waals surface area contributed by atoms with E-state index in [9.17, 15) is 4.79 Å². The van der Waals surface area contributed by atoms with Gasteiger partial charge in [0.25, 0.3) is 5.91 Å². The standard InChI is InChI=1S/C24H33N3O2/c1-24(2,3)20-7-5-19(6-8-20)17-26(4)18-23(28)25-21-9-11-22(12-10-21)27-13-15-29-16-14-27/h5-12H,13-18H2,1-4H3,(H,25,28)/p+1. The number of amides is 1. The molecule has 1 atom stereocenters. The van der Waals surface area contributed by atoms with Crippen molar-refractivity contribution in [3.63, 3.8) is 0 Å². The Balaban J connectivity index is 1.48. The number of rotatable bonds is 6. The Morgan fingerprint density at radius 1 is 1.03 bits per heavy atom. The summed E-state index contributed by atoms with van der Waals surface area (Å²) in [7, 11) is 2.05. The summed E-state index contributed by atoms with van der Waals surface area (Å²) in [5.41, 5.74) is 4.76. The maximum Gasteiger partial charge on any atom is 0.279 e. The van der Waals surface area contributed by atoms with Crippen LogP contribution in [0.3, 0.4) is 0 Å². The lowest BCUT2D eigenvalue weighted by molar-refractivity contribution is -0.885. The average molecular weight is 397 g/mol. The molecule has 1 aliphatic heterocycles. The van der Waals surface area contributed by atoms with E-state index in [1.54, 1.807) is 0 Å². The highest BCUT2D eigenvalue weighted by Crippen LogP contribution is 2.22. The number of quaternary nitrogens is 1. The van der Waals surface area contributed by atoms with Gasteiger partial charge in [0, 0.05) is 30.0 Å². The van der Waals surface area contributed by atoms with Gasteiger partial charge in [-0.05, 0) is 35.2 Å². The molecule has 3 rings (SSSR count). The summed E-state index contributed by atoms with van der Waals surface area (Å²) < 4.78 is 5.40. The van der Waals surface area contributed by atoms with Gasteiger partial charge < -0.3 is 19.9 Å². The van der Waals surface area contributed by atoms with Crippen LogP contribution in [0.1, 0.15) is 31.9 Å². The molecule has 0 radical (unpaired) electrons. The lowest BCUT2D eigenvalue weighted by atomic mass is 9.87. The quantitative estimate of drug-likeness (QED) is 0.789. The number of nitrogens with one attached hydrogen (secondary N) is 2. The molecule has 0 aliphatic carbocycles. The molecule has 1 saturated heterocycles. The van der Waals surface area contributed by atoms with Crippen molar-refractivity contribution in [2.45, 2.75) is 32.7 Å². The van der Waals surface area contributed by atoms with Gasteiger partial charge in [-0.25, -0.2) is 0 Å². The van der Waals surface area contributed by atoms with E-state index in [0.717, 1.165) is 43.4 Å². The summed E-state index contributed by atoms with van der Waals surface area (Å²) >= 11 is 0. The van der Waals surface area contributed by atoms with Gasteiger partial charge in [-0.2, -0.15) is 0 Å². The molecule has 1 aliphatic rings. The zero-order valence-electron chi connectivity index (χ0n) is 18.1. The van der Waals surface area contributed by atoms with E-state index in [1.807, 2.05) is 12.1 Å². The molecule has 0 spiro atoms. The largest absolute Gasteiger partial charge is 0.378 e. The molecule has 0 aromatic heterocycles. The molecule has 156 valence electrons. The predicted octanol–water partition coefficient (Wildman–Crippen LogP) is 2.47. The van der Waals surface area contributed by atoms with E-state index in [4.69, 9.17) is 4.74 Å². The molecule has 0 saturated carbocycles. The third-order valence-electron chi connectivity index (χ3n) is 5.32. The fourth-order valence-corrected chi connectivity index (χ4v) is 3.59. The molecule has 1 amide bonds. The Kier molecular flexibility index (Phi) is 6.93. The number of benzene rings is 2. The Labute approximate surface area is 174 Å². The first kappa shape index (κ1) is 21.3. The molecule has 5 heteroatoms. The molecule has 5 nitrogen and oxygen atoms in total. The second-order valence-corrected chi connectivity index (χ2v) is 8.95. The van der Waals surface area contributed by atoms with Crippen LogP contribution in [0.5, 0.6) is 0 Å². The lowest BCUT2D eigenvalue weighted by Crippen LogP contribution is -3.08. The summed E-state index contributed by atoms with van der Waals surface area (Å²) in [6, 6.07) is 16.8. The Bertz CT molecular complexity index is 788. The van der Waals surface area contributed by atoms with Crippen LogP contribution in [0.2, 0.25) is 0 Å². The van der Waals surface area contributed by atoms with Crippen molar-refractivity contribution in [1.29, 1.82) is 0 Å². The molecule has 2 N–H and O–H groups in total. The molecule has 1 heterocycles. The summed E-state index contributed by atoms with van der Waals surface area (Å²) in [4.78, 5) is 15.9. The Morgan fingerprint density at radius 2 is 1.66 bits per heavy atom. The summed E-state index contributed by atoms with van der Waals surface area (Å²) in [5.74, 6) is 0.0351. The monoisotopic (exact) mass is 396 g/mol. The van der Waals surface area contributed by atoms with Crippen LogP contribution in [0.25, 0.3) is 0 Å². The predicted molar refractivity (Wildman–Crippen MR) is 119 cm³/mol. The number of morpholine rings is 1. The van der Waals surface area contributed by atoms with Crippen LogP contribution in [-0.4, -0.2) is 45.8 Å². The minimum atomic E-state index is 0.0351. The highest BCUT2D eigenvalue weighted by atomic mass is 16.5. The smallest absolute Gasteiger partial charge is 0.279 e. The average Bonchev–Trinajstić information content (AvgIpc) is 2.69. The van der Waals surface area contributed by atoms with E-state index >= 15 is 0 Å². The zero-order chi connectivity index (χ0) is 20.9. The van der Waals surface area contributed by atoms with Gasteiger partial charge in [0.15, 0.2) is 6.54 Å². The van der Waals surface area contributed by atoms with Crippen LogP contribution in [-0.2, 0) is 21.5 Å². The molecule has 29 heavy (non-hydrogen) atoms. The van der Waals surface area contributed by atoms with Gasteiger partial charge in [-0.3, -0.25) is 4.79 Å². The summed E-state index contributed by atoms with van der Waals surface area (Å²) in [5, 5.41) is 3.01. The number of ether oxygens (including phenoxy) is 1.